The number of hydrogen-bond donors (Lipinski definition) is 2. The molecule has 0 atom stereocenters. The molecule has 4 aromatic rings. The lowest BCUT2D eigenvalue weighted by Crippen LogP contribution is -2.38. The summed E-state index contributed by atoms with van der Waals surface area (Å²) in [6.07, 6.45) is 13.7. The maximum atomic E-state index is 13.3. The second-order valence-electron chi connectivity index (χ2n) is 9.88. The van der Waals surface area contributed by atoms with Crippen molar-refractivity contribution in [1.82, 2.24) is 10.2 Å². The fourth-order valence-electron chi connectivity index (χ4n) is 4.67. The van der Waals surface area contributed by atoms with Gasteiger partial charge in [0.2, 0.25) is 0 Å². The number of benzene rings is 2. The first-order chi connectivity index (χ1) is 20.5. The highest BCUT2D eigenvalue weighted by atomic mass is 16.4. The Balaban J connectivity index is 1.29. The molecule has 42 heavy (non-hydrogen) atoms. The highest BCUT2D eigenvalue weighted by molar-refractivity contribution is 5.99. The van der Waals surface area contributed by atoms with E-state index >= 15 is 0 Å². The molecule has 1 aliphatic carbocycles. The fraction of sp³-hybridized carbons (Fsp3) is 0.206. The van der Waals surface area contributed by atoms with Crippen molar-refractivity contribution in [1.29, 1.82) is 0 Å². The number of nitrogens with one attached hydrogen (secondary N) is 2. The van der Waals surface area contributed by atoms with Crippen molar-refractivity contribution in [3.8, 4) is 11.3 Å². The van der Waals surface area contributed by atoms with E-state index in [1.807, 2.05) is 43.4 Å². The average molecular weight is 564 g/mol. The molecular weight excluding hydrogens is 530 g/mol. The quantitative estimate of drug-likeness (QED) is 0.222. The van der Waals surface area contributed by atoms with Crippen molar-refractivity contribution in [3.05, 3.63) is 113 Å². The first-order valence-electron chi connectivity index (χ1n) is 14.1. The van der Waals surface area contributed by atoms with E-state index in [4.69, 9.17) is 8.83 Å². The summed E-state index contributed by atoms with van der Waals surface area (Å²) < 4.78 is 11.7. The van der Waals surface area contributed by atoms with Gasteiger partial charge in [-0.2, -0.15) is 0 Å². The first kappa shape index (κ1) is 28.4. The van der Waals surface area contributed by atoms with Crippen molar-refractivity contribution in [2.24, 2.45) is 0 Å². The number of carbonyl (C=O) groups is 2. The number of likely N-dealkylation sites (N-methyl/N-ethyl adjacent to an activating group) is 1. The van der Waals surface area contributed by atoms with E-state index < -0.39 is 5.63 Å². The molecule has 2 aromatic heterocycles. The second kappa shape index (κ2) is 13.0. The third-order valence-electron chi connectivity index (χ3n) is 6.94. The van der Waals surface area contributed by atoms with E-state index in [1.165, 1.54) is 0 Å². The van der Waals surface area contributed by atoms with Gasteiger partial charge in [0.15, 0.2) is 0 Å². The van der Waals surface area contributed by atoms with Gasteiger partial charge in [-0.05, 0) is 61.9 Å². The molecule has 0 spiro atoms. The average Bonchev–Trinajstić information content (AvgIpc) is 3.40. The van der Waals surface area contributed by atoms with Gasteiger partial charge in [0, 0.05) is 59.8 Å². The van der Waals surface area contributed by atoms with Gasteiger partial charge in [-0.25, -0.2) is 4.79 Å². The van der Waals surface area contributed by atoms with E-state index in [-0.39, 0.29) is 11.8 Å². The van der Waals surface area contributed by atoms with Crippen LogP contribution >= 0.6 is 0 Å². The van der Waals surface area contributed by atoms with E-state index in [1.54, 1.807) is 59.5 Å². The van der Waals surface area contributed by atoms with Crippen molar-refractivity contribution in [3.63, 3.8) is 0 Å². The molecule has 0 bridgehead atoms. The lowest BCUT2D eigenvalue weighted by atomic mass is 10.1. The molecule has 1 aliphatic rings. The predicted molar refractivity (Wildman–Crippen MR) is 167 cm³/mol. The van der Waals surface area contributed by atoms with Crippen molar-refractivity contribution < 1.29 is 18.4 Å². The molecule has 0 fully saturated rings. The second-order valence-corrected chi connectivity index (χ2v) is 9.88. The number of rotatable bonds is 10. The van der Waals surface area contributed by atoms with Gasteiger partial charge in [-0.3, -0.25) is 9.59 Å². The topological polar surface area (TPSA) is 105 Å². The van der Waals surface area contributed by atoms with Crippen molar-refractivity contribution in [2.75, 3.05) is 31.5 Å². The molecular formula is C34H33N3O5. The van der Waals surface area contributed by atoms with Crippen molar-refractivity contribution >= 4 is 39.4 Å². The summed E-state index contributed by atoms with van der Waals surface area (Å²) in [7, 11) is 0. The zero-order valence-electron chi connectivity index (χ0n) is 23.7. The molecule has 2 N–H and O–H groups in total. The predicted octanol–water partition coefficient (Wildman–Crippen LogP) is 6.22. The van der Waals surface area contributed by atoms with E-state index in [0.29, 0.717) is 53.3 Å². The van der Waals surface area contributed by atoms with Crippen LogP contribution in [0.15, 0.2) is 110 Å². The number of hydrogen-bond acceptors (Lipinski definition) is 6. The molecule has 8 heteroatoms. The molecule has 0 radical (unpaired) electrons. The SMILES string of the molecule is CCCNc1ccc2cc(-c3cc4ccc(C(=O)N(CC)CCNC(=O)C5=C/C=C\C=C/C=C\5)cc4o3)c(=O)oc2c1. The summed E-state index contributed by atoms with van der Waals surface area (Å²) in [6.45, 7) is 5.94. The number of amides is 2. The van der Waals surface area contributed by atoms with Crippen LogP contribution in [0.3, 0.4) is 0 Å². The Morgan fingerprint density at radius 3 is 2.43 bits per heavy atom. The lowest BCUT2D eigenvalue weighted by Gasteiger charge is -2.21. The van der Waals surface area contributed by atoms with Crippen LogP contribution in [0.2, 0.25) is 0 Å². The van der Waals surface area contributed by atoms with Crippen LogP contribution in [-0.4, -0.2) is 42.9 Å². The zero-order chi connectivity index (χ0) is 29.5. The summed E-state index contributed by atoms with van der Waals surface area (Å²) in [4.78, 5) is 40.4. The molecule has 5 rings (SSSR count). The maximum Gasteiger partial charge on any atom is 0.347 e. The summed E-state index contributed by atoms with van der Waals surface area (Å²) >= 11 is 0. The molecule has 0 saturated heterocycles. The molecule has 2 aromatic carbocycles. The zero-order valence-corrected chi connectivity index (χ0v) is 23.7. The van der Waals surface area contributed by atoms with Crippen LogP contribution in [0, 0.1) is 0 Å². The van der Waals surface area contributed by atoms with Gasteiger partial charge in [-0.1, -0.05) is 43.4 Å². The molecule has 8 nitrogen and oxygen atoms in total. The highest BCUT2D eigenvalue weighted by Gasteiger charge is 2.18. The molecule has 0 aliphatic heterocycles. The minimum atomic E-state index is -0.497. The third-order valence-corrected chi connectivity index (χ3v) is 6.94. The standard InChI is InChI=1S/C34H33N3O5/c1-3-16-35-27-15-14-24-19-28(34(40)42-30(24)22-27)31-20-25-12-13-26(21-29(25)41-31)33(39)37(4-2)18-17-36-32(38)23-10-8-6-5-7-9-11-23/h5-15,19-22,35H,3-4,16-18H2,1-2H3,(H,36,38)/b6-5-,7-5?,8-6?,9-7-,10-8-,11-9?,23-10?,23-11+. The lowest BCUT2D eigenvalue weighted by molar-refractivity contribution is -0.117. The Labute approximate surface area is 243 Å². The Kier molecular flexibility index (Phi) is 8.82. The van der Waals surface area contributed by atoms with E-state index in [9.17, 15) is 14.4 Å². The molecule has 0 unspecified atom stereocenters. The third kappa shape index (κ3) is 6.44. The number of anilines is 1. The highest BCUT2D eigenvalue weighted by Crippen LogP contribution is 2.29. The minimum absolute atomic E-state index is 0.178. The smallest absolute Gasteiger partial charge is 0.347 e. The van der Waals surface area contributed by atoms with E-state index in [0.717, 1.165) is 29.4 Å². The van der Waals surface area contributed by atoms with Gasteiger partial charge in [0.05, 0.1) is 0 Å². The summed E-state index contributed by atoms with van der Waals surface area (Å²) in [5.74, 6) is -0.00940. The normalized spacial score (nSPS) is 16.2. The van der Waals surface area contributed by atoms with Gasteiger partial charge in [0.1, 0.15) is 22.5 Å². The Hall–Kier alpha value is -5.11. The van der Waals surface area contributed by atoms with Crippen LogP contribution < -0.4 is 16.3 Å². The number of carbonyl (C=O) groups excluding carboxylic acids is 2. The van der Waals surface area contributed by atoms with Crippen LogP contribution in [-0.2, 0) is 4.79 Å². The Bertz CT molecular complexity index is 1810. The molecule has 0 saturated carbocycles. The van der Waals surface area contributed by atoms with Crippen LogP contribution in [0.4, 0.5) is 5.69 Å². The Morgan fingerprint density at radius 1 is 0.833 bits per heavy atom. The minimum Gasteiger partial charge on any atom is -0.456 e. The summed E-state index contributed by atoms with van der Waals surface area (Å²) in [6, 6.07) is 14.4. The largest absolute Gasteiger partial charge is 0.456 e. The summed E-state index contributed by atoms with van der Waals surface area (Å²) in [5, 5.41) is 7.72. The van der Waals surface area contributed by atoms with Crippen molar-refractivity contribution in [2.45, 2.75) is 20.3 Å². The Morgan fingerprint density at radius 2 is 1.60 bits per heavy atom. The van der Waals surface area contributed by atoms with Gasteiger partial charge in [0.25, 0.3) is 11.8 Å². The first-order valence-corrected chi connectivity index (χ1v) is 14.1. The number of allylic oxidation sites excluding steroid dienone is 6. The number of nitrogens with zero attached hydrogens (tertiary/aromatic N) is 1. The van der Waals surface area contributed by atoms with Gasteiger partial charge in [-0.15, -0.1) is 0 Å². The van der Waals surface area contributed by atoms with Crippen LogP contribution in [0.1, 0.15) is 30.6 Å². The fourth-order valence-corrected chi connectivity index (χ4v) is 4.67. The monoisotopic (exact) mass is 563 g/mol. The van der Waals surface area contributed by atoms with E-state index in [2.05, 4.69) is 17.6 Å². The van der Waals surface area contributed by atoms with Crippen LogP contribution in [0.5, 0.6) is 0 Å². The van der Waals surface area contributed by atoms with Gasteiger partial charge >= 0.3 is 5.63 Å². The molecule has 2 amide bonds. The maximum absolute atomic E-state index is 13.3. The summed E-state index contributed by atoms with van der Waals surface area (Å²) in [5.41, 5.74) is 2.69. The number of fused-ring (bicyclic) bond motifs is 2. The molecule has 2 heterocycles. The van der Waals surface area contributed by atoms with Gasteiger partial charge < -0.3 is 24.4 Å². The molecule has 214 valence electrons. The number of furan rings is 1. The van der Waals surface area contributed by atoms with Crippen LogP contribution in [0.25, 0.3) is 33.3 Å².